The van der Waals surface area contributed by atoms with Gasteiger partial charge in [0.05, 0.1) is 0 Å². The van der Waals surface area contributed by atoms with Crippen molar-refractivity contribution in [2.45, 2.75) is 13.5 Å². The Morgan fingerprint density at radius 1 is 1.10 bits per heavy atom. The summed E-state index contributed by atoms with van der Waals surface area (Å²) in [5, 5.41) is 3.81. The Balaban J connectivity index is 1.73. The molecule has 0 radical (unpaired) electrons. The van der Waals surface area contributed by atoms with Crippen LogP contribution in [0.4, 0.5) is 0 Å². The minimum Gasteiger partial charge on any atom is -0.451 e. The van der Waals surface area contributed by atoms with Crippen LogP contribution in [0.15, 0.2) is 59.0 Å². The Morgan fingerprint density at radius 2 is 1.95 bits per heavy atom. The molecule has 1 N–H and O–H groups in total. The molecule has 0 saturated heterocycles. The first-order valence-electron chi connectivity index (χ1n) is 6.55. The molecule has 100 valence electrons. The molecule has 2 aromatic carbocycles. The Morgan fingerprint density at radius 3 is 2.75 bits per heavy atom. The summed E-state index contributed by atoms with van der Waals surface area (Å²) in [6.07, 6.45) is 0. The highest BCUT2D eigenvalue weighted by atomic mass is 16.3. The van der Waals surface area contributed by atoms with Crippen LogP contribution in [0.5, 0.6) is 0 Å². The number of rotatable bonds is 3. The van der Waals surface area contributed by atoms with E-state index >= 15 is 0 Å². The number of fused-ring (bicyclic) bond motifs is 1. The number of hydrogen-bond donors (Lipinski definition) is 1. The third-order valence-corrected chi connectivity index (χ3v) is 3.18. The minimum absolute atomic E-state index is 0.192. The molecule has 0 bridgehead atoms. The maximum absolute atomic E-state index is 12.1. The maximum atomic E-state index is 12.1. The predicted octanol–water partition coefficient (Wildman–Crippen LogP) is 3.67. The molecule has 3 nitrogen and oxygen atoms in total. The average molecular weight is 265 g/mol. The number of aryl methyl sites for hydroxylation is 1. The van der Waals surface area contributed by atoms with Crippen LogP contribution < -0.4 is 5.32 Å². The van der Waals surface area contributed by atoms with Crippen molar-refractivity contribution in [3.8, 4) is 0 Å². The van der Waals surface area contributed by atoms with E-state index in [-0.39, 0.29) is 5.91 Å². The zero-order valence-corrected chi connectivity index (χ0v) is 11.2. The van der Waals surface area contributed by atoms with Gasteiger partial charge in [-0.05, 0) is 24.6 Å². The maximum Gasteiger partial charge on any atom is 0.287 e. The highest BCUT2D eigenvalue weighted by Gasteiger charge is 2.11. The standard InChI is InChI=1S/C17H15NO2/c1-12-5-4-6-13(9-12)11-18-17(19)16-10-14-7-2-3-8-15(14)20-16/h2-10H,11H2,1H3,(H,18,19). The van der Waals surface area contributed by atoms with Crippen molar-refractivity contribution in [3.05, 3.63) is 71.5 Å². The van der Waals surface area contributed by atoms with Gasteiger partial charge in [0.25, 0.3) is 5.91 Å². The first-order chi connectivity index (χ1) is 9.72. The van der Waals surface area contributed by atoms with Gasteiger partial charge in [-0.1, -0.05) is 48.0 Å². The lowest BCUT2D eigenvalue weighted by atomic mass is 10.1. The smallest absolute Gasteiger partial charge is 0.287 e. The lowest BCUT2D eigenvalue weighted by Crippen LogP contribution is -2.22. The molecule has 3 aromatic rings. The molecule has 1 aromatic heterocycles. The largest absolute Gasteiger partial charge is 0.451 e. The summed E-state index contributed by atoms with van der Waals surface area (Å²) in [7, 11) is 0. The lowest BCUT2D eigenvalue weighted by molar-refractivity contribution is 0.0925. The first-order valence-corrected chi connectivity index (χ1v) is 6.55. The monoisotopic (exact) mass is 265 g/mol. The summed E-state index contributed by atoms with van der Waals surface area (Å²) in [6, 6.07) is 17.4. The van der Waals surface area contributed by atoms with E-state index in [1.165, 1.54) is 5.56 Å². The Kier molecular flexibility index (Phi) is 3.25. The van der Waals surface area contributed by atoms with Crippen molar-refractivity contribution in [2.24, 2.45) is 0 Å². The SMILES string of the molecule is Cc1cccc(CNC(=O)c2cc3ccccc3o2)c1. The van der Waals surface area contributed by atoms with E-state index in [2.05, 4.69) is 11.4 Å². The van der Waals surface area contributed by atoms with Crippen LogP contribution in [0.2, 0.25) is 0 Å². The van der Waals surface area contributed by atoms with Gasteiger partial charge >= 0.3 is 0 Å². The van der Waals surface area contributed by atoms with Crippen molar-refractivity contribution in [2.75, 3.05) is 0 Å². The molecule has 0 atom stereocenters. The van der Waals surface area contributed by atoms with E-state index in [0.717, 1.165) is 16.5 Å². The molecule has 1 heterocycles. The minimum atomic E-state index is -0.192. The second kappa shape index (κ2) is 5.21. The Labute approximate surface area is 117 Å². The molecule has 0 unspecified atom stereocenters. The first kappa shape index (κ1) is 12.5. The fourth-order valence-corrected chi connectivity index (χ4v) is 2.19. The highest BCUT2D eigenvalue weighted by Crippen LogP contribution is 2.18. The number of hydrogen-bond acceptors (Lipinski definition) is 2. The number of carbonyl (C=O) groups excluding carboxylic acids is 1. The molecule has 0 saturated carbocycles. The third kappa shape index (κ3) is 2.57. The molecule has 20 heavy (non-hydrogen) atoms. The molecule has 0 spiro atoms. The average Bonchev–Trinajstić information content (AvgIpc) is 2.89. The van der Waals surface area contributed by atoms with E-state index in [1.54, 1.807) is 6.07 Å². The van der Waals surface area contributed by atoms with Crippen molar-refractivity contribution in [3.63, 3.8) is 0 Å². The number of carbonyl (C=O) groups is 1. The third-order valence-electron chi connectivity index (χ3n) is 3.18. The number of furan rings is 1. The lowest BCUT2D eigenvalue weighted by Gasteiger charge is -2.04. The van der Waals surface area contributed by atoms with E-state index in [9.17, 15) is 4.79 Å². The molecule has 3 rings (SSSR count). The summed E-state index contributed by atoms with van der Waals surface area (Å²) in [4.78, 5) is 12.1. The summed E-state index contributed by atoms with van der Waals surface area (Å²) >= 11 is 0. The van der Waals surface area contributed by atoms with E-state index in [4.69, 9.17) is 4.42 Å². The van der Waals surface area contributed by atoms with Gasteiger partial charge in [0, 0.05) is 11.9 Å². The van der Waals surface area contributed by atoms with Gasteiger partial charge in [0.15, 0.2) is 5.76 Å². The molecule has 3 heteroatoms. The quantitative estimate of drug-likeness (QED) is 0.785. The van der Waals surface area contributed by atoms with Crippen LogP contribution in [0.1, 0.15) is 21.7 Å². The molecule has 0 aliphatic heterocycles. The van der Waals surface area contributed by atoms with Gasteiger partial charge in [-0.15, -0.1) is 0 Å². The molecule has 0 aliphatic carbocycles. The van der Waals surface area contributed by atoms with Crippen LogP contribution in [-0.4, -0.2) is 5.91 Å². The topological polar surface area (TPSA) is 42.2 Å². The molecule has 0 fully saturated rings. The number of amides is 1. The summed E-state index contributed by atoms with van der Waals surface area (Å²) in [5.74, 6) is 0.154. The number of benzene rings is 2. The summed E-state index contributed by atoms with van der Waals surface area (Å²) < 4.78 is 5.53. The van der Waals surface area contributed by atoms with Crippen LogP contribution in [0.25, 0.3) is 11.0 Å². The fraction of sp³-hybridized carbons (Fsp3) is 0.118. The Bertz CT molecular complexity index is 725. The van der Waals surface area contributed by atoms with E-state index in [0.29, 0.717) is 12.3 Å². The van der Waals surface area contributed by atoms with Gasteiger partial charge < -0.3 is 9.73 Å². The second-order valence-electron chi connectivity index (χ2n) is 4.82. The second-order valence-corrected chi connectivity index (χ2v) is 4.82. The van der Waals surface area contributed by atoms with E-state index < -0.39 is 0 Å². The van der Waals surface area contributed by atoms with E-state index in [1.807, 2.05) is 49.4 Å². The number of para-hydroxylation sites is 1. The predicted molar refractivity (Wildman–Crippen MR) is 78.6 cm³/mol. The van der Waals surface area contributed by atoms with Gasteiger partial charge in [-0.2, -0.15) is 0 Å². The normalized spacial score (nSPS) is 10.7. The zero-order chi connectivity index (χ0) is 13.9. The molecular weight excluding hydrogens is 250 g/mol. The number of nitrogens with one attached hydrogen (secondary N) is 1. The van der Waals surface area contributed by atoms with Gasteiger partial charge in [0.1, 0.15) is 5.58 Å². The van der Waals surface area contributed by atoms with Crippen LogP contribution in [0, 0.1) is 6.92 Å². The molecule has 1 amide bonds. The van der Waals surface area contributed by atoms with Crippen molar-refractivity contribution < 1.29 is 9.21 Å². The summed E-state index contributed by atoms with van der Waals surface area (Å²) in [5.41, 5.74) is 2.99. The fourth-order valence-electron chi connectivity index (χ4n) is 2.19. The summed E-state index contributed by atoms with van der Waals surface area (Å²) in [6.45, 7) is 2.53. The van der Waals surface area contributed by atoms with Crippen molar-refractivity contribution in [1.82, 2.24) is 5.32 Å². The highest BCUT2D eigenvalue weighted by molar-refractivity contribution is 5.95. The van der Waals surface area contributed by atoms with Gasteiger partial charge in [0.2, 0.25) is 0 Å². The molecule has 0 aliphatic rings. The van der Waals surface area contributed by atoms with Crippen LogP contribution >= 0.6 is 0 Å². The van der Waals surface area contributed by atoms with Crippen LogP contribution in [-0.2, 0) is 6.54 Å². The zero-order valence-electron chi connectivity index (χ0n) is 11.2. The molecular formula is C17H15NO2. The van der Waals surface area contributed by atoms with Crippen LogP contribution in [0.3, 0.4) is 0 Å². The van der Waals surface area contributed by atoms with Gasteiger partial charge in [-0.3, -0.25) is 4.79 Å². The van der Waals surface area contributed by atoms with Crippen molar-refractivity contribution >= 4 is 16.9 Å². The van der Waals surface area contributed by atoms with Crippen molar-refractivity contribution in [1.29, 1.82) is 0 Å². The van der Waals surface area contributed by atoms with Gasteiger partial charge in [-0.25, -0.2) is 0 Å². The Hall–Kier alpha value is -2.55.